The number of hydrogen-bond acceptors (Lipinski definition) is 6. The van der Waals surface area contributed by atoms with Crippen molar-refractivity contribution in [1.29, 1.82) is 5.26 Å². The van der Waals surface area contributed by atoms with Gasteiger partial charge >= 0.3 is 0 Å². The van der Waals surface area contributed by atoms with Gasteiger partial charge in [0, 0.05) is 50.1 Å². The Morgan fingerprint density at radius 3 is 2.48 bits per heavy atom. The van der Waals surface area contributed by atoms with E-state index in [-0.39, 0.29) is 17.9 Å². The van der Waals surface area contributed by atoms with E-state index in [0.717, 1.165) is 50.7 Å². The quantitative estimate of drug-likeness (QED) is 0.464. The third-order valence-electron chi connectivity index (χ3n) is 9.27. The van der Waals surface area contributed by atoms with E-state index in [4.69, 9.17) is 0 Å². The lowest BCUT2D eigenvalue weighted by Crippen LogP contribution is -2.59. The number of rotatable bonds is 3. The number of carbonyl (C=O) groups is 1. The highest BCUT2D eigenvalue weighted by Gasteiger charge is 2.51. The molecule has 0 bridgehead atoms. The lowest BCUT2D eigenvalue weighted by Gasteiger charge is -2.50. The van der Waals surface area contributed by atoms with Crippen molar-refractivity contribution in [3.8, 4) is 6.07 Å². The van der Waals surface area contributed by atoms with E-state index in [2.05, 4.69) is 32.9 Å². The Balaban J connectivity index is 1.26. The normalized spacial score (nSPS) is 47.6. The number of nitrogens with zero attached hydrogens (tertiary/aromatic N) is 1. The van der Waals surface area contributed by atoms with Crippen molar-refractivity contribution < 1.29 is 4.79 Å². The zero-order valence-electron chi connectivity index (χ0n) is 18.9. The van der Waals surface area contributed by atoms with Crippen LogP contribution in [0.3, 0.4) is 0 Å². The van der Waals surface area contributed by atoms with Crippen LogP contribution in [0.5, 0.6) is 0 Å². The van der Waals surface area contributed by atoms with Gasteiger partial charge in [-0.3, -0.25) is 15.6 Å². The molecule has 2 saturated carbocycles. The molecule has 5 fully saturated rings. The molecule has 0 spiro atoms. The molecule has 0 aromatic heterocycles. The van der Waals surface area contributed by atoms with E-state index >= 15 is 0 Å². The Hall–Kier alpha value is -1.20. The zero-order chi connectivity index (χ0) is 21.4. The fourth-order valence-electron chi connectivity index (χ4n) is 7.79. The second-order valence-corrected chi connectivity index (χ2v) is 11.0. The molecule has 7 nitrogen and oxygen atoms in total. The van der Waals surface area contributed by atoms with Crippen LogP contribution in [-0.2, 0) is 4.79 Å². The van der Waals surface area contributed by atoms with Gasteiger partial charge in [-0.1, -0.05) is 0 Å². The summed E-state index contributed by atoms with van der Waals surface area (Å²) in [5.41, 5.74) is 7.37. The van der Waals surface area contributed by atoms with E-state index in [1.54, 1.807) is 6.92 Å². The highest BCUT2D eigenvalue weighted by molar-refractivity contribution is 5.73. The maximum atomic E-state index is 11.6. The number of piperidine rings is 2. The first kappa shape index (κ1) is 21.6. The molecule has 5 rings (SSSR count). The molecule has 31 heavy (non-hydrogen) atoms. The molecule has 3 heterocycles. The lowest BCUT2D eigenvalue weighted by molar-refractivity contribution is -0.119. The molecule has 5 aliphatic rings. The number of carbonyl (C=O) groups excluding carboxylic acids is 1. The van der Waals surface area contributed by atoms with E-state index in [0.29, 0.717) is 35.9 Å². The monoisotopic (exact) mass is 428 g/mol. The molecule has 8 unspecified atom stereocenters. The Kier molecular flexibility index (Phi) is 6.52. The minimum absolute atomic E-state index is 0.0903. The van der Waals surface area contributed by atoms with E-state index < -0.39 is 0 Å². The molecule has 0 aromatic rings. The summed E-state index contributed by atoms with van der Waals surface area (Å²) in [6.07, 6.45) is 9.56. The number of nitrogens with one attached hydrogen (secondary N) is 5. The Morgan fingerprint density at radius 1 is 0.903 bits per heavy atom. The van der Waals surface area contributed by atoms with Crippen LogP contribution in [0, 0.1) is 46.8 Å². The van der Waals surface area contributed by atoms with Crippen LogP contribution in [-0.4, -0.2) is 49.7 Å². The molecule has 1 amide bonds. The Morgan fingerprint density at radius 2 is 1.71 bits per heavy atom. The predicted molar refractivity (Wildman–Crippen MR) is 120 cm³/mol. The summed E-state index contributed by atoms with van der Waals surface area (Å²) in [4.78, 5) is 11.6. The van der Waals surface area contributed by atoms with Gasteiger partial charge in [-0.05, 0) is 87.5 Å². The van der Waals surface area contributed by atoms with Crippen LogP contribution in [0.2, 0.25) is 0 Å². The van der Waals surface area contributed by atoms with Gasteiger partial charge in [-0.15, -0.1) is 0 Å². The van der Waals surface area contributed by atoms with Crippen LogP contribution in [0.1, 0.15) is 58.3 Å². The molecule has 8 atom stereocenters. The topological polar surface area (TPSA) is 101 Å². The molecular formula is C24H40N6O. The van der Waals surface area contributed by atoms with Crippen LogP contribution in [0.4, 0.5) is 0 Å². The van der Waals surface area contributed by atoms with Crippen molar-refractivity contribution in [2.45, 2.75) is 82.5 Å². The highest BCUT2D eigenvalue weighted by Crippen LogP contribution is 2.46. The maximum Gasteiger partial charge on any atom is 0.217 e. The van der Waals surface area contributed by atoms with Crippen LogP contribution < -0.4 is 26.8 Å². The van der Waals surface area contributed by atoms with Crippen molar-refractivity contribution in [3.63, 3.8) is 0 Å². The first-order valence-electron chi connectivity index (χ1n) is 12.7. The number of fused-ring (bicyclic) bond motifs is 3. The Bertz CT molecular complexity index is 686. The predicted octanol–water partition coefficient (Wildman–Crippen LogP) is 1.28. The molecule has 5 N–H and O–H groups in total. The molecule has 7 heteroatoms. The van der Waals surface area contributed by atoms with E-state index in [1.165, 1.54) is 32.1 Å². The number of hydrazine groups is 1. The van der Waals surface area contributed by atoms with Crippen molar-refractivity contribution in [3.05, 3.63) is 0 Å². The van der Waals surface area contributed by atoms with Crippen molar-refractivity contribution in [1.82, 2.24) is 26.8 Å². The van der Waals surface area contributed by atoms with Gasteiger partial charge in [0.2, 0.25) is 5.91 Å². The summed E-state index contributed by atoms with van der Waals surface area (Å²) >= 11 is 0. The number of nitriles is 1. The second-order valence-electron chi connectivity index (χ2n) is 11.0. The molecule has 3 aliphatic heterocycles. The van der Waals surface area contributed by atoms with E-state index in [9.17, 15) is 10.1 Å². The van der Waals surface area contributed by atoms with Gasteiger partial charge in [-0.25, -0.2) is 0 Å². The van der Waals surface area contributed by atoms with Crippen LogP contribution in [0.15, 0.2) is 0 Å². The molecule has 0 radical (unpaired) electrons. The molecule has 3 saturated heterocycles. The molecule has 2 aliphatic carbocycles. The van der Waals surface area contributed by atoms with Gasteiger partial charge < -0.3 is 16.0 Å². The van der Waals surface area contributed by atoms with Gasteiger partial charge in [0.25, 0.3) is 0 Å². The van der Waals surface area contributed by atoms with Gasteiger partial charge in [0.05, 0.1) is 6.07 Å². The van der Waals surface area contributed by atoms with Crippen LogP contribution >= 0.6 is 0 Å². The maximum absolute atomic E-state index is 11.6. The van der Waals surface area contributed by atoms with Gasteiger partial charge in [0.1, 0.15) is 0 Å². The van der Waals surface area contributed by atoms with E-state index in [1.807, 2.05) is 0 Å². The van der Waals surface area contributed by atoms with Gasteiger partial charge in [0.15, 0.2) is 0 Å². The summed E-state index contributed by atoms with van der Waals surface area (Å²) in [5, 5.41) is 19.9. The summed E-state index contributed by atoms with van der Waals surface area (Å²) in [7, 11) is 0. The average molecular weight is 429 g/mol. The first-order chi connectivity index (χ1) is 15.1. The summed E-state index contributed by atoms with van der Waals surface area (Å²) < 4.78 is 0. The summed E-state index contributed by atoms with van der Waals surface area (Å²) in [6, 6.07) is 4.50. The summed E-state index contributed by atoms with van der Waals surface area (Å²) in [5.74, 6) is 3.90. The van der Waals surface area contributed by atoms with Crippen LogP contribution in [0.25, 0.3) is 0 Å². The molecular weight excluding hydrogens is 388 g/mol. The standard InChI is InChI=1S/C24H40N6O/c1-14(31)28-19-8-18(11-26-12-19)17-6-7-21-20(9-17)23-22(13-27-21)29-30-24(23)16-4-2-15(10-25)3-5-16/h15-24,26-27,29-30H,2-9,11-13H2,1H3,(H,28,31). The third kappa shape index (κ3) is 4.50. The fraction of sp³-hybridized carbons (Fsp3) is 0.917. The fourth-order valence-corrected chi connectivity index (χ4v) is 7.79. The largest absolute Gasteiger partial charge is 0.352 e. The second kappa shape index (κ2) is 9.35. The number of hydrogen-bond donors (Lipinski definition) is 5. The molecule has 0 aromatic carbocycles. The zero-order valence-corrected chi connectivity index (χ0v) is 18.9. The minimum Gasteiger partial charge on any atom is -0.352 e. The Labute approximate surface area is 186 Å². The third-order valence-corrected chi connectivity index (χ3v) is 9.27. The minimum atomic E-state index is 0.0903. The molecule has 172 valence electrons. The average Bonchev–Trinajstić information content (AvgIpc) is 3.23. The SMILES string of the molecule is CC(=O)NC1CNCC(C2CCC3NCC4NNC(C5CCC(C#N)CC5)C4C3C2)C1. The lowest BCUT2D eigenvalue weighted by atomic mass is 9.61. The number of amides is 1. The van der Waals surface area contributed by atoms with Crippen molar-refractivity contribution >= 4 is 5.91 Å². The summed E-state index contributed by atoms with van der Waals surface area (Å²) in [6.45, 7) is 4.70. The smallest absolute Gasteiger partial charge is 0.217 e. The van der Waals surface area contributed by atoms with Crippen molar-refractivity contribution in [2.75, 3.05) is 19.6 Å². The first-order valence-corrected chi connectivity index (χ1v) is 12.7. The van der Waals surface area contributed by atoms with Gasteiger partial charge in [-0.2, -0.15) is 5.26 Å². The van der Waals surface area contributed by atoms with Crippen molar-refractivity contribution in [2.24, 2.45) is 35.5 Å². The highest BCUT2D eigenvalue weighted by atomic mass is 16.1.